The van der Waals surface area contributed by atoms with Crippen LogP contribution in [0.1, 0.15) is 57.8 Å². The van der Waals surface area contributed by atoms with Crippen molar-refractivity contribution >= 4 is 0 Å². The Balaban J connectivity index is 1.11. The highest BCUT2D eigenvalue weighted by Crippen LogP contribution is 2.38. The van der Waals surface area contributed by atoms with E-state index in [0.29, 0.717) is 30.3 Å². The van der Waals surface area contributed by atoms with Gasteiger partial charge in [0.2, 0.25) is 0 Å². The summed E-state index contributed by atoms with van der Waals surface area (Å²) in [5.41, 5.74) is 3.33. The molecule has 5 fully saturated rings. The molecule has 7 nitrogen and oxygen atoms in total. The molecule has 1 aliphatic carbocycles. The van der Waals surface area contributed by atoms with E-state index in [1.807, 2.05) is 0 Å². The molecule has 8 atom stereocenters. The van der Waals surface area contributed by atoms with Gasteiger partial charge in [-0.25, -0.2) is 0 Å². The summed E-state index contributed by atoms with van der Waals surface area (Å²) in [4.78, 5) is 11.0. The van der Waals surface area contributed by atoms with Crippen LogP contribution >= 0.6 is 0 Å². The Morgan fingerprint density at radius 2 is 1.90 bits per heavy atom. The highest BCUT2D eigenvalue weighted by Gasteiger charge is 2.43. The molecular weight excluding hydrogens is 366 g/mol. The lowest BCUT2D eigenvalue weighted by Crippen LogP contribution is -2.54. The molecule has 166 valence electrons. The van der Waals surface area contributed by atoms with E-state index < -0.39 is 0 Å². The van der Waals surface area contributed by atoms with E-state index >= 15 is 0 Å². The van der Waals surface area contributed by atoms with Gasteiger partial charge >= 0.3 is 0 Å². The van der Waals surface area contributed by atoms with Gasteiger partial charge in [0.05, 0.1) is 30.6 Å². The zero-order chi connectivity index (χ0) is 19.8. The Bertz CT molecular complexity index is 527. The van der Waals surface area contributed by atoms with Crippen LogP contribution in [0.2, 0.25) is 0 Å². The van der Waals surface area contributed by atoms with Crippen LogP contribution in [0.4, 0.5) is 0 Å². The van der Waals surface area contributed by atoms with Crippen LogP contribution in [-0.4, -0.2) is 80.3 Å². The van der Waals surface area contributed by atoms with Gasteiger partial charge in [-0.1, -0.05) is 12.8 Å². The topological polar surface area (TPSA) is 61.0 Å². The van der Waals surface area contributed by atoms with Crippen molar-refractivity contribution in [3.05, 3.63) is 0 Å². The van der Waals surface area contributed by atoms with Gasteiger partial charge in [0, 0.05) is 19.0 Å². The zero-order valence-corrected chi connectivity index (χ0v) is 18.3. The van der Waals surface area contributed by atoms with Crippen molar-refractivity contribution in [2.75, 3.05) is 33.7 Å². The Morgan fingerprint density at radius 1 is 1.00 bits per heavy atom. The van der Waals surface area contributed by atoms with Crippen LogP contribution in [0.15, 0.2) is 0 Å². The van der Waals surface area contributed by atoms with Crippen molar-refractivity contribution in [2.24, 2.45) is 11.8 Å². The largest absolute Gasteiger partial charge is 0.373 e. The van der Waals surface area contributed by atoms with E-state index in [-0.39, 0.29) is 12.4 Å². The molecule has 0 aromatic rings. The lowest BCUT2D eigenvalue weighted by Gasteiger charge is -2.36. The molecule has 4 heterocycles. The summed E-state index contributed by atoms with van der Waals surface area (Å²) >= 11 is 0. The number of hydroxylamine groups is 1. The van der Waals surface area contributed by atoms with Gasteiger partial charge in [0.15, 0.2) is 0 Å². The summed E-state index contributed by atoms with van der Waals surface area (Å²) in [6.45, 7) is 3.30. The molecule has 0 spiro atoms. The van der Waals surface area contributed by atoms with Crippen molar-refractivity contribution in [3.8, 4) is 0 Å². The summed E-state index contributed by atoms with van der Waals surface area (Å²) in [5, 5.41) is 7.46. The fourth-order valence-corrected chi connectivity index (χ4v) is 6.47. The average molecular weight is 408 g/mol. The van der Waals surface area contributed by atoms with Crippen LogP contribution in [0.25, 0.3) is 0 Å². The van der Waals surface area contributed by atoms with Gasteiger partial charge < -0.3 is 10.1 Å². The van der Waals surface area contributed by atoms with Gasteiger partial charge in [-0.15, -0.1) is 0 Å². The third-order valence-corrected chi connectivity index (χ3v) is 8.16. The van der Waals surface area contributed by atoms with Gasteiger partial charge in [-0.3, -0.25) is 20.0 Å². The van der Waals surface area contributed by atoms with Crippen molar-refractivity contribution in [2.45, 2.75) is 94.6 Å². The SMILES string of the molecule is CN(C)C1CCC(C2NOC(C3CCCN3CC3CC4CCCCC4O3)N2)CN1. The van der Waals surface area contributed by atoms with E-state index in [1.54, 1.807) is 0 Å². The minimum atomic E-state index is 0.0951. The second-order valence-corrected chi connectivity index (χ2v) is 10.3. The van der Waals surface area contributed by atoms with Crippen LogP contribution in [0.5, 0.6) is 0 Å². The summed E-state index contributed by atoms with van der Waals surface area (Å²) in [6.07, 6.45) is 13.4. The van der Waals surface area contributed by atoms with Gasteiger partial charge in [-0.05, 0) is 71.5 Å². The van der Waals surface area contributed by atoms with Gasteiger partial charge in [-0.2, -0.15) is 5.48 Å². The Kier molecular flexibility index (Phi) is 6.44. The minimum Gasteiger partial charge on any atom is -0.373 e. The maximum atomic E-state index is 6.45. The summed E-state index contributed by atoms with van der Waals surface area (Å²) in [6, 6.07) is 0.463. The molecule has 0 aromatic carbocycles. The number of ether oxygens (including phenoxy) is 1. The first kappa shape index (κ1) is 20.6. The molecule has 4 aliphatic heterocycles. The Hall–Kier alpha value is -0.280. The maximum absolute atomic E-state index is 6.45. The number of fused-ring (bicyclic) bond motifs is 1. The smallest absolute Gasteiger partial charge is 0.146 e. The fourth-order valence-electron chi connectivity index (χ4n) is 6.47. The summed E-state index contributed by atoms with van der Waals surface area (Å²) in [5.74, 6) is 1.40. The standard InChI is InChI=1S/C22H41N5O2/c1-26(2)20-10-9-16(13-23-20)21-24-22(29-25-21)18-7-5-11-27(18)14-17-12-15-6-3-4-8-19(15)28-17/h15-25H,3-14H2,1-2H3. The quantitative estimate of drug-likeness (QED) is 0.638. The minimum absolute atomic E-state index is 0.0951. The van der Waals surface area contributed by atoms with E-state index in [0.717, 1.165) is 19.0 Å². The molecule has 29 heavy (non-hydrogen) atoms. The third kappa shape index (κ3) is 4.52. The predicted molar refractivity (Wildman–Crippen MR) is 113 cm³/mol. The first-order valence-electron chi connectivity index (χ1n) is 12.1. The number of piperidine rings is 1. The highest BCUT2D eigenvalue weighted by molar-refractivity contribution is 4.94. The molecule has 0 amide bonds. The van der Waals surface area contributed by atoms with Crippen LogP contribution in [-0.2, 0) is 9.57 Å². The molecule has 3 N–H and O–H groups in total. The van der Waals surface area contributed by atoms with Crippen LogP contribution < -0.4 is 16.1 Å². The molecular formula is C22H41N5O2. The molecule has 0 aromatic heterocycles. The first-order chi connectivity index (χ1) is 14.2. The summed E-state index contributed by atoms with van der Waals surface area (Å²) in [7, 11) is 4.31. The number of rotatable bonds is 5. The van der Waals surface area contributed by atoms with E-state index in [1.165, 1.54) is 64.3 Å². The average Bonchev–Trinajstić information content (AvgIpc) is 3.47. The number of hydrogen-bond donors (Lipinski definition) is 3. The Labute approximate surface area is 176 Å². The maximum Gasteiger partial charge on any atom is 0.146 e. The normalized spacial score (nSPS) is 46.4. The lowest BCUT2D eigenvalue weighted by molar-refractivity contribution is -0.0409. The molecule has 5 aliphatic rings. The monoisotopic (exact) mass is 407 g/mol. The fraction of sp³-hybridized carbons (Fsp3) is 1.00. The van der Waals surface area contributed by atoms with Gasteiger partial charge in [0.25, 0.3) is 0 Å². The van der Waals surface area contributed by atoms with Crippen LogP contribution in [0.3, 0.4) is 0 Å². The molecule has 4 saturated heterocycles. The van der Waals surface area contributed by atoms with Gasteiger partial charge in [0.1, 0.15) is 6.23 Å². The zero-order valence-electron chi connectivity index (χ0n) is 18.3. The highest BCUT2D eigenvalue weighted by atomic mass is 16.7. The molecule has 5 rings (SSSR count). The number of nitrogens with one attached hydrogen (secondary N) is 3. The van der Waals surface area contributed by atoms with E-state index in [9.17, 15) is 0 Å². The number of nitrogens with zero attached hydrogens (tertiary/aromatic N) is 2. The Morgan fingerprint density at radius 3 is 2.69 bits per heavy atom. The molecule has 0 bridgehead atoms. The predicted octanol–water partition coefficient (Wildman–Crippen LogP) is 1.46. The molecule has 7 heteroatoms. The second-order valence-electron chi connectivity index (χ2n) is 10.3. The molecule has 8 unspecified atom stereocenters. The molecule has 1 saturated carbocycles. The van der Waals surface area contributed by atoms with E-state index in [4.69, 9.17) is 9.57 Å². The number of likely N-dealkylation sites (tertiary alicyclic amines) is 1. The molecule has 0 radical (unpaired) electrons. The number of hydrogen-bond acceptors (Lipinski definition) is 7. The third-order valence-electron chi connectivity index (χ3n) is 8.16. The van der Waals surface area contributed by atoms with Crippen molar-refractivity contribution < 1.29 is 9.57 Å². The van der Waals surface area contributed by atoms with Crippen molar-refractivity contribution in [1.82, 2.24) is 25.9 Å². The first-order valence-corrected chi connectivity index (χ1v) is 12.1. The van der Waals surface area contributed by atoms with Crippen molar-refractivity contribution in [1.29, 1.82) is 0 Å². The van der Waals surface area contributed by atoms with Crippen LogP contribution in [0, 0.1) is 11.8 Å². The second kappa shape index (κ2) is 9.07. The lowest BCUT2D eigenvalue weighted by atomic mass is 9.85. The van der Waals surface area contributed by atoms with Crippen molar-refractivity contribution in [3.63, 3.8) is 0 Å². The summed E-state index contributed by atoms with van der Waals surface area (Å²) < 4.78 is 6.45. The van der Waals surface area contributed by atoms with E-state index in [2.05, 4.69) is 40.0 Å².